The van der Waals surface area contributed by atoms with Crippen molar-refractivity contribution in [2.75, 3.05) is 50.8 Å². The zero-order chi connectivity index (χ0) is 18.9. The highest BCUT2D eigenvalue weighted by Gasteiger charge is 2.34. The fourth-order valence-corrected chi connectivity index (χ4v) is 8.22. The Morgan fingerprint density at radius 2 is 1.67 bits per heavy atom. The first-order chi connectivity index (χ1) is 13.1. The summed E-state index contributed by atoms with van der Waals surface area (Å²) in [6, 6.07) is 2.28. The molecule has 1 aliphatic carbocycles. The number of hydrogen-bond acceptors (Lipinski definition) is 6. The summed E-state index contributed by atoms with van der Waals surface area (Å²) < 4.78 is 27.6. The molecule has 3 aliphatic rings. The fraction of sp³-hybridized carbons (Fsp3) is 0.722. The third-order valence-electron chi connectivity index (χ3n) is 5.85. The number of hydrogen-bond donors (Lipinski definition) is 0. The van der Waals surface area contributed by atoms with E-state index in [1.54, 1.807) is 23.2 Å². The molecule has 0 unspecified atom stereocenters. The number of carbonyl (C=O) groups excluding carboxylic acids is 1. The molecule has 0 atom stereocenters. The van der Waals surface area contributed by atoms with Crippen LogP contribution in [0.3, 0.4) is 0 Å². The normalized spacial score (nSPS) is 23.8. The summed E-state index contributed by atoms with van der Waals surface area (Å²) in [6.45, 7) is 4.22. The van der Waals surface area contributed by atoms with E-state index in [-0.39, 0.29) is 10.8 Å². The van der Waals surface area contributed by atoms with Crippen LogP contribution in [0.5, 0.6) is 0 Å². The predicted octanol–water partition coefficient (Wildman–Crippen LogP) is 2.19. The van der Waals surface area contributed by atoms with E-state index in [4.69, 9.17) is 0 Å². The standard InChI is InChI=1S/C18H27N3O3S3/c22-18(20-8-6-19(7-9-20)15-3-1-2-4-15)17-16(5-12-26-17)27(23,24)21-10-13-25-14-11-21/h5,12,15H,1-4,6-11,13-14H2. The summed E-state index contributed by atoms with van der Waals surface area (Å²) in [5.74, 6) is 1.51. The number of piperazine rings is 1. The Labute approximate surface area is 169 Å². The Hall–Kier alpha value is -0.610. The molecule has 1 amide bonds. The van der Waals surface area contributed by atoms with Gasteiger partial charge in [-0.2, -0.15) is 16.1 Å². The van der Waals surface area contributed by atoms with Gasteiger partial charge in [-0.05, 0) is 24.3 Å². The van der Waals surface area contributed by atoms with E-state index in [1.807, 2.05) is 4.90 Å². The number of amides is 1. The molecule has 27 heavy (non-hydrogen) atoms. The van der Waals surface area contributed by atoms with Crippen LogP contribution in [0.15, 0.2) is 16.3 Å². The highest BCUT2D eigenvalue weighted by atomic mass is 32.2. The van der Waals surface area contributed by atoms with Crippen LogP contribution < -0.4 is 0 Å². The summed E-state index contributed by atoms with van der Waals surface area (Å²) in [4.78, 5) is 18.0. The van der Waals surface area contributed by atoms with Crippen molar-refractivity contribution in [1.82, 2.24) is 14.1 Å². The van der Waals surface area contributed by atoms with Gasteiger partial charge in [0.25, 0.3) is 5.91 Å². The van der Waals surface area contributed by atoms with Crippen molar-refractivity contribution in [3.8, 4) is 0 Å². The minimum atomic E-state index is -3.58. The Kier molecular flexibility index (Phi) is 6.13. The van der Waals surface area contributed by atoms with Crippen LogP contribution in [-0.2, 0) is 10.0 Å². The molecule has 1 aromatic rings. The van der Waals surface area contributed by atoms with Gasteiger partial charge < -0.3 is 4.90 Å². The zero-order valence-electron chi connectivity index (χ0n) is 15.5. The number of sulfonamides is 1. The van der Waals surface area contributed by atoms with Gasteiger partial charge in [0.05, 0.1) is 0 Å². The van der Waals surface area contributed by atoms with Gasteiger partial charge in [-0.1, -0.05) is 12.8 Å². The van der Waals surface area contributed by atoms with Crippen molar-refractivity contribution in [2.45, 2.75) is 36.6 Å². The number of thiophene rings is 1. The summed E-state index contributed by atoms with van der Waals surface area (Å²) >= 11 is 3.02. The average Bonchev–Trinajstić information content (AvgIpc) is 3.40. The van der Waals surface area contributed by atoms with Crippen LogP contribution in [0.25, 0.3) is 0 Å². The van der Waals surface area contributed by atoms with Gasteiger partial charge in [-0.15, -0.1) is 11.3 Å². The van der Waals surface area contributed by atoms with Crippen LogP contribution in [-0.4, -0.2) is 85.2 Å². The van der Waals surface area contributed by atoms with Gasteiger partial charge >= 0.3 is 0 Å². The van der Waals surface area contributed by atoms with E-state index in [9.17, 15) is 13.2 Å². The lowest BCUT2D eigenvalue weighted by molar-refractivity contribution is 0.0574. The van der Waals surface area contributed by atoms with Crippen molar-refractivity contribution in [2.24, 2.45) is 0 Å². The molecule has 4 rings (SSSR count). The lowest BCUT2D eigenvalue weighted by Gasteiger charge is -2.38. The maximum absolute atomic E-state index is 13.1. The first kappa shape index (κ1) is 19.7. The third kappa shape index (κ3) is 4.07. The molecule has 9 heteroatoms. The maximum atomic E-state index is 13.1. The molecular formula is C18H27N3O3S3. The fourth-order valence-electron chi connectivity index (χ4n) is 4.29. The lowest BCUT2D eigenvalue weighted by atomic mass is 10.2. The van der Waals surface area contributed by atoms with E-state index in [0.717, 1.165) is 24.6 Å². The van der Waals surface area contributed by atoms with Crippen LogP contribution in [0.1, 0.15) is 35.4 Å². The Balaban J connectivity index is 1.45. The second-order valence-corrected chi connectivity index (χ2v) is 11.4. The van der Waals surface area contributed by atoms with Crippen molar-refractivity contribution in [3.05, 3.63) is 16.3 Å². The van der Waals surface area contributed by atoms with Crippen LogP contribution >= 0.6 is 23.1 Å². The van der Waals surface area contributed by atoms with E-state index in [0.29, 0.717) is 37.1 Å². The highest BCUT2D eigenvalue weighted by molar-refractivity contribution is 7.99. The highest BCUT2D eigenvalue weighted by Crippen LogP contribution is 2.29. The smallest absolute Gasteiger partial charge is 0.265 e. The number of rotatable bonds is 4. The van der Waals surface area contributed by atoms with E-state index >= 15 is 0 Å². The molecule has 0 radical (unpaired) electrons. The van der Waals surface area contributed by atoms with Crippen molar-refractivity contribution in [1.29, 1.82) is 0 Å². The summed E-state index contributed by atoms with van der Waals surface area (Å²) in [5.41, 5.74) is 0. The van der Waals surface area contributed by atoms with Gasteiger partial charge in [-0.3, -0.25) is 9.69 Å². The van der Waals surface area contributed by atoms with Gasteiger partial charge in [-0.25, -0.2) is 8.42 Å². The molecule has 6 nitrogen and oxygen atoms in total. The molecule has 0 N–H and O–H groups in total. The zero-order valence-corrected chi connectivity index (χ0v) is 18.0. The first-order valence-electron chi connectivity index (χ1n) is 9.76. The Morgan fingerprint density at radius 3 is 2.33 bits per heavy atom. The van der Waals surface area contributed by atoms with Gasteiger partial charge in [0.2, 0.25) is 10.0 Å². The average molecular weight is 430 g/mol. The largest absolute Gasteiger partial charge is 0.335 e. The molecule has 2 saturated heterocycles. The molecule has 0 spiro atoms. The van der Waals surface area contributed by atoms with Gasteiger partial charge in [0.1, 0.15) is 9.77 Å². The van der Waals surface area contributed by atoms with Crippen LogP contribution in [0.2, 0.25) is 0 Å². The van der Waals surface area contributed by atoms with Crippen LogP contribution in [0, 0.1) is 0 Å². The minimum Gasteiger partial charge on any atom is -0.335 e. The van der Waals surface area contributed by atoms with Crippen molar-refractivity contribution in [3.63, 3.8) is 0 Å². The maximum Gasteiger partial charge on any atom is 0.265 e. The number of carbonyl (C=O) groups is 1. The SMILES string of the molecule is O=C(c1sccc1S(=O)(=O)N1CCSCC1)N1CCN(C2CCCC2)CC1. The van der Waals surface area contributed by atoms with Gasteiger partial charge in [0, 0.05) is 56.8 Å². The third-order valence-corrected chi connectivity index (χ3v) is 9.77. The molecule has 2 aliphatic heterocycles. The molecule has 1 saturated carbocycles. The van der Waals surface area contributed by atoms with Crippen LogP contribution in [0.4, 0.5) is 0 Å². The predicted molar refractivity (Wildman–Crippen MR) is 110 cm³/mol. The molecule has 3 fully saturated rings. The molecule has 3 heterocycles. The molecule has 0 aromatic carbocycles. The second-order valence-electron chi connectivity index (χ2n) is 7.40. The molecule has 0 bridgehead atoms. The number of nitrogens with zero attached hydrogens (tertiary/aromatic N) is 3. The molecular weight excluding hydrogens is 402 g/mol. The van der Waals surface area contributed by atoms with E-state index in [2.05, 4.69) is 4.90 Å². The Morgan fingerprint density at radius 1 is 1.00 bits per heavy atom. The number of thioether (sulfide) groups is 1. The second kappa shape index (κ2) is 8.41. The van der Waals surface area contributed by atoms with Crippen molar-refractivity contribution >= 4 is 39.0 Å². The molecule has 1 aromatic heterocycles. The lowest BCUT2D eigenvalue weighted by Crippen LogP contribution is -2.51. The van der Waals surface area contributed by atoms with E-state index in [1.165, 1.54) is 41.3 Å². The Bertz CT molecular complexity index is 760. The topological polar surface area (TPSA) is 60.9 Å². The summed E-state index contributed by atoms with van der Waals surface area (Å²) in [5, 5.41) is 1.73. The first-order valence-corrected chi connectivity index (χ1v) is 13.2. The van der Waals surface area contributed by atoms with E-state index < -0.39 is 10.0 Å². The minimum absolute atomic E-state index is 0.124. The van der Waals surface area contributed by atoms with Crippen molar-refractivity contribution < 1.29 is 13.2 Å². The summed E-state index contributed by atoms with van der Waals surface area (Å²) in [7, 11) is -3.58. The summed E-state index contributed by atoms with van der Waals surface area (Å²) in [6.07, 6.45) is 5.18. The molecule has 150 valence electrons. The van der Waals surface area contributed by atoms with Gasteiger partial charge in [0.15, 0.2) is 0 Å². The quantitative estimate of drug-likeness (QED) is 0.734. The monoisotopic (exact) mass is 429 g/mol.